The number of hydrogen-bond donors (Lipinski definition) is 0. The van der Waals surface area contributed by atoms with Crippen molar-refractivity contribution in [2.75, 3.05) is 27.9 Å². The number of methoxy groups -OCH3 is 3. The molecule has 1 fully saturated rings. The second kappa shape index (κ2) is 7.51. The summed E-state index contributed by atoms with van der Waals surface area (Å²) in [5.74, 6) is -0.452. The maximum absolute atomic E-state index is 11.8. The Hall–Kier alpha value is -1.47. The van der Waals surface area contributed by atoms with Crippen LogP contribution in [-0.2, 0) is 20.6 Å². The fourth-order valence-electron chi connectivity index (χ4n) is 2.85. The minimum Gasteiger partial charge on any atom is -0.464 e. The van der Waals surface area contributed by atoms with E-state index in [1.54, 1.807) is 14.2 Å². The van der Waals surface area contributed by atoms with Gasteiger partial charge in [0.1, 0.15) is 0 Å². The van der Waals surface area contributed by atoms with E-state index in [1.807, 2.05) is 4.68 Å². The van der Waals surface area contributed by atoms with Crippen molar-refractivity contribution in [3.8, 4) is 0 Å². The van der Waals surface area contributed by atoms with Crippen molar-refractivity contribution in [2.24, 2.45) is 0 Å². The molecule has 21 heavy (non-hydrogen) atoms. The molecule has 0 saturated heterocycles. The van der Waals surface area contributed by atoms with Gasteiger partial charge in [-0.15, -0.1) is 5.10 Å². The number of hydrogen-bond acceptors (Lipinski definition) is 6. The van der Waals surface area contributed by atoms with Crippen LogP contribution in [0, 0.1) is 0 Å². The summed E-state index contributed by atoms with van der Waals surface area (Å²) in [5, 5.41) is 8.19. The Morgan fingerprint density at radius 2 is 2.14 bits per heavy atom. The Kier molecular flexibility index (Phi) is 5.69. The Balaban J connectivity index is 2.25. The SMILES string of the molecule is COCCc1c(C(=O)OC)nnn1C1CCCC(OC)C1. The average Bonchev–Trinajstić information content (AvgIpc) is 2.95. The van der Waals surface area contributed by atoms with Crippen LogP contribution in [0.2, 0.25) is 0 Å². The molecule has 1 aliphatic rings. The fourth-order valence-corrected chi connectivity index (χ4v) is 2.85. The van der Waals surface area contributed by atoms with E-state index in [-0.39, 0.29) is 17.8 Å². The van der Waals surface area contributed by atoms with E-state index in [4.69, 9.17) is 14.2 Å². The van der Waals surface area contributed by atoms with Crippen LogP contribution in [0.4, 0.5) is 0 Å². The maximum Gasteiger partial charge on any atom is 0.360 e. The number of aromatic nitrogens is 3. The molecule has 0 amide bonds. The highest BCUT2D eigenvalue weighted by Crippen LogP contribution is 2.31. The van der Waals surface area contributed by atoms with Crippen LogP contribution in [0.1, 0.15) is 47.9 Å². The monoisotopic (exact) mass is 297 g/mol. The Morgan fingerprint density at radius 3 is 2.81 bits per heavy atom. The zero-order chi connectivity index (χ0) is 15.2. The van der Waals surface area contributed by atoms with Crippen molar-refractivity contribution >= 4 is 5.97 Å². The maximum atomic E-state index is 11.8. The molecule has 2 atom stereocenters. The average molecular weight is 297 g/mol. The molecule has 0 N–H and O–H groups in total. The third-order valence-electron chi connectivity index (χ3n) is 3.99. The van der Waals surface area contributed by atoms with Gasteiger partial charge in [-0.05, 0) is 25.7 Å². The van der Waals surface area contributed by atoms with Gasteiger partial charge in [-0.3, -0.25) is 0 Å². The summed E-state index contributed by atoms with van der Waals surface area (Å²) in [6.45, 7) is 0.512. The van der Waals surface area contributed by atoms with Crippen molar-refractivity contribution in [1.82, 2.24) is 15.0 Å². The van der Waals surface area contributed by atoms with E-state index in [9.17, 15) is 4.79 Å². The molecule has 0 bridgehead atoms. The molecular weight excluding hydrogens is 274 g/mol. The lowest BCUT2D eigenvalue weighted by atomic mass is 9.92. The third-order valence-corrected chi connectivity index (χ3v) is 3.99. The van der Waals surface area contributed by atoms with E-state index in [0.29, 0.717) is 13.0 Å². The Bertz CT molecular complexity index is 475. The van der Waals surface area contributed by atoms with Crippen molar-refractivity contribution in [3.05, 3.63) is 11.4 Å². The first-order valence-electron chi connectivity index (χ1n) is 7.25. The first-order chi connectivity index (χ1) is 10.2. The van der Waals surface area contributed by atoms with Gasteiger partial charge in [-0.1, -0.05) is 5.21 Å². The highest BCUT2D eigenvalue weighted by atomic mass is 16.5. The predicted octanol–water partition coefficient (Wildman–Crippen LogP) is 1.38. The minimum absolute atomic E-state index is 0.210. The second-order valence-electron chi connectivity index (χ2n) is 5.24. The Morgan fingerprint density at radius 1 is 1.33 bits per heavy atom. The van der Waals surface area contributed by atoms with Crippen LogP contribution in [-0.4, -0.2) is 55.0 Å². The molecule has 1 aromatic heterocycles. The van der Waals surface area contributed by atoms with Gasteiger partial charge in [-0.2, -0.15) is 0 Å². The summed E-state index contributed by atoms with van der Waals surface area (Å²) >= 11 is 0. The van der Waals surface area contributed by atoms with Gasteiger partial charge in [0.2, 0.25) is 0 Å². The highest BCUT2D eigenvalue weighted by Gasteiger charge is 2.28. The van der Waals surface area contributed by atoms with Crippen LogP contribution in [0.3, 0.4) is 0 Å². The molecule has 1 saturated carbocycles. The summed E-state index contributed by atoms with van der Waals surface area (Å²) in [4.78, 5) is 11.8. The predicted molar refractivity (Wildman–Crippen MR) is 75.2 cm³/mol. The quantitative estimate of drug-likeness (QED) is 0.738. The van der Waals surface area contributed by atoms with Crippen LogP contribution < -0.4 is 0 Å². The van der Waals surface area contributed by atoms with Gasteiger partial charge in [-0.25, -0.2) is 9.48 Å². The van der Waals surface area contributed by atoms with Crippen molar-refractivity contribution in [3.63, 3.8) is 0 Å². The lowest BCUT2D eigenvalue weighted by Crippen LogP contribution is -2.26. The number of ether oxygens (including phenoxy) is 3. The first kappa shape index (κ1) is 15.9. The molecule has 2 rings (SSSR count). The number of carbonyl (C=O) groups excluding carboxylic acids is 1. The van der Waals surface area contributed by atoms with Gasteiger partial charge in [0.25, 0.3) is 0 Å². The molecule has 1 aromatic rings. The molecular formula is C14H23N3O4. The van der Waals surface area contributed by atoms with Crippen LogP contribution >= 0.6 is 0 Å². The van der Waals surface area contributed by atoms with Crippen molar-refractivity contribution in [1.29, 1.82) is 0 Å². The van der Waals surface area contributed by atoms with E-state index < -0.39 is 5.97 Å². The van der Waals surface area contributed by atoms with Gasteiger partial charge in [0.15, 0.2) is 5.69 Å². The number of esters is 1. The van der Waals surface area contributed by atoms with E-state index in [0.717, 1.165) is 31.4 Å². The second-order valence-corrected chi connectivity index (χ2v) is 5.24. The van der Waals surface area contributed by atoms with Crippen LogP contribution in [0.5, 0.6) is 0 Å². The largest absolute Gasteiger partial charge is 0.464 e. The standard InChI is InChI=1S/C14H23N3O4/c1-19-8-7-12-13(14(18)21-3)15-16-17(12)10-5-4-6-11(9-10)20-2/h10-11H,4-9H2,1-3H3. The van der Waals surface area contributed by atoms with Crippen molar-refractivity contribution in [2.45, 2.75) is 44.2 Å². The molecule has 0 aliphatic heterocycles. The zero-order valence-corrected chi connectivity index (χ0v) is 12.9. The smallest absolute Gasteiger partial charge is 0.360 e. The van der Waals surface area contributed by atoms with Crippen molar-refractivity contribution < 1.29 is 19.0 Å². The molecule has 7 nitrogen and oxygen atoms in total. The molecule has 0 radical (unpaired) electrons. The first-order valence-corrected chi connectivity index (χ1v) is 7.25. The minimum atomic E-state index is -0.452. The van der Waals surface area contributed by atoms with Crippen LogP contribution in [0.15, 0.2) is 0 Å². The van der Waals surface area contributed by atoms with Gasteiger partial charge < -0.3 is 14.2 Å². The topological polar surface area (TPSA) is 75.5 Å². The number of rotatable bonds is 6. The molecule has 1 aliphatic carbocycles. The molecule has 1 heterocycles. The normalized spacial score (nSPS) is 22.2. The number of carbonyl (C=O) groups is 1. The Labute approximate surface area is 124 Å². The molecule has 118 valence electrons. The molecule has 0 aromatic carbocycles. The summed E-state index contributed by atoms with van der Waals surface area (Å²) in [6.07, 6.45) is 4.89. The van der Waals surface area contributed by atoms with Gasteiger partial charge in [0.05, 0.1) is 31.6 Å². The molecule has 7 heteroatoms. The highest BCUT2D eigenvalue weighted by molar-refractivity contribution is 5.88. The fraction of sp³-hybridized carbons (Fsp3) is 0.786. The lowest BCUT2D eigenvalue weighted by molar-refractivity contribution is 0.0496. The summed E-state index contributed by atoms with van der Waals surface area (Å²) < 4.78 is 17.2. The molecule has 2 unspecified atom stereocenters. The third kappa shape index (κ3) is 3.59. The number of nitrogens with zero attached hydrogens (tertiary/aromatic N) is 3. The summed E-state index contributed by atoms with van der Waals surface area (Å²) in [6, 6.07) is 0.210. The van der Waals surface area contributed by atoms with Gasteiger partial charge >= 0.3 is 5.97 Å². The van der Waals surface area contributed by atoms with E-state index in [2.05, 4.69) is 10.3 Å². The van der Waals surface area contributed by atoms with Crippen LogP contribution in [0.25, 0.3) is 0 Å². The lowest BCUT2D eigenvalue weighted by Gasteiger charge is -2.29. The van der Waals surface area contributed by atoms with Gasteiger partial charge in [0, 0.05) is 20.6 Å². The molecule has 0 spiro atoms. The zero-order valence-electron chi connectivity index (χ0n) is 12.9. The summed E-state index contributed by atoms with van der Waals surface area (Å²) in [7, 11) is 4.72. The van der Waals surface area contributed by atoms with E-state index >= 15 is 0 Å². The van der Waals surface area contributed by atoms with E-state index in [1.165, 1.54) is 7.11 Å². The summed E-state index contributed by atoms with van der Waals surface area (Å²) in [5.41, 5.74) is 1.07.